The second-order valence-corrected chi connectivity index (χ2v) is 7.72. The minimum absolute atomic E-state index is 0.332. The maximum atomic E-state index is 6.22. The highest BCUT2D eigenvalue weighted by Crippen LogP contribution is 2.37. The van der Waals surface area contributed by atoms with Gasteiger partial charge in [-0.1, -0.05) is 26.7 Å². The van der Waals surface area contributed by atoms with Gasteiger partial charge in [0.25, 0.3) is 0 Å². The molecule has 1 aliphatic carbocycles. The molecule has 2 aliphatic rings. The van der Waals surface area contributed by atoms with Crippen LogP contribution >= 0.6 is 11.8 Å². The van der Waals surface area contributed by atoms with Crippen molar-refractivity contribution < 1.29 is 0 Å². The lowest BCUT2D eigenvalue weighted by molar-refractivity contribution is 0.0802. The number of hydrogen-bond acceptors (Lipinski definition) is 3. The van der Waals surface area contributed by atoms with Crippen LogP contribution in [0.2, 0.25) is 0 Å². The van der Waals surface area contributed by atoms with Crippen molar-refractivity contribution in [2.24, 2.45) is 11.7 Å². The normalized spacial score (nSPS) is 39.5. The van der Waals surface area contributed by atoms with E-state index in [-0.39, 0.29) is 0 Å². The Labute approximate surface area is 117 Å². The summed E-state index contributed by atoms with van der Waals surface area (Å²) in [5.41, 5.74) is 6.55. The lowest BCUT2D eigenvalue weighted by Gasteiger charge is -2.47. The van der Waals surface area contributed by atoms with E-state index < -0.39 is 0 Å². The molecular formula is C15H30N2S. The van der Waals surface area contributed by atoms with Gasteiger partial charge in [-0.05, 0) is 31.6 Å². The topological polar surface area (TPSA) is 29.3 Å². The summed E-state index contributed by atoms with van der Waals surface area (Å²) in [4.78, 5) is 2.76. The second kappa shape index (κ2) is 6.62. The maximum Gasteiger partial charge on any atom is 0.0332 e. The first-order valence-electron chi connectivity index (χ1n) is 7.77. The van der Waals surface area contributed by atoms with Crippen molar-refractivity contribution >= 4 is 11.8 Å². The van der Waals surface area contributed by atoms with Crippen LogP contribution < -0.4 is 5.73 Å². The molecule has 3 atom stereocenters. The number of nitrogens with two attached hydrogens (primary N) is 1. The van der Waals surface area contributed by atoms with E-state index in [0.29, 0.717) is 5.54 Å². The van der Waals surface area contributed by atoms with Gasteiger partial charge in [-0.2, -0.15) is 11.8 Å². The molecule has 3 heteroatoms. The highest BCUT2D eigenvalue weighted by atomic mass is 32.2. The van der Waals surface area contributed by atoms with Gasteiger partial charge >= 0.3 is 0 Å². The molecule has 1 heterocycles. The van der Waals surface area contributed by atoms with Crippen LogP contribution in [0.4, 0.5) is 0 Å². The standard InChI is InChI=1S/C15H30N2S/c1-3-14-11-17(9-10-18-14)15(12-16)7-4-5-13(2)6-8-15/h13-14H,3-12,16H2,1-2H3. The Kier molecular flexibility index (Phi) is 5.40. The summed E-state index contributed by atoms with van der Waals surface area (Å²) in [6.45, 7) is 8.12. The summed E-state index contributed by atoms with van der Waals surface area (Å²) >= 11 is 2.16. The Morgan fingerprint density at radius 3 is 2.89 bits per heavy atom. The van der Waals surface area contributed by atoms with Crippen molar-refractivity contribution in [3.63, 3.8) is 0 Å². The molecule has 2 rings (SSSR count). The van der Waals surface area contributed by atoms with Gasteiger partial charge in [-0.3, -0.25) is 4.90 Å². The first-order valence-corrected chi connectivity index (χ1v) is 8.82. The fourth-order valence-corrected chi connectivity index (χ4v) is 4.79. The molecule has 2 fully saturated rings. The van der Waals surface area contributed by atoms with E-state index in [2.05, 4.69) is 30.5 Å². The first kappa shape index (κ1) is 14.7. The molecule has 2 N–H and O–H groups in total. The highest BCUT2D eigenvalue weighted by Gasteiger charge is 2.38. The van der Waals surface area contributed by atoms with E-state index in [1.807, 2.05) is 0 Å². The monoisotopic (exact) mass is 270 g/mol. The third kappa shape index (κ3) is 3.23. The second-order valence-electron chi connectivity index (χ2n) is 6.31. The van der Waals surface area contributed by atoms with Gasteiger partial charge < -0.3 is 5.73 Å². The van der Waals surface area contributed by atoms with Crippen LogP contribution in [-0.4, -0.2) is 41.1 Å². The summed E-state index contributed by atoms with van der Waals surface area (Å²) in [7, 11) is 0. The van der Waals surface area contributed by atoms with E-state index in [4.69, 9.17) is 5.73 Å². The number of hydrogen-bond donors (Lipinski definition) is 1. The molecular weight excluding hydrogens is 240 g/mol. The van der Waals surface area contributed by atoms with Gasteiger partial charge in [0.2, 0.25) is 0 Å². The van der Waals surface area contributed by atoms with Crippen molar-refractivity contribution in [2.75, 3.05) is 25.4 Å². The van der Waals surface area contributed by atoms with Crippen LogP contribution in [0, 0.1) is 5.92 Å². The zero-order valence-corrected chi connectivity index (χ0v) is 13.0. The summed E-state index contributed by atoms with van der Waals surface area (Å²) in [6.07, 6.45) is 8.11. The van der Waals surface area contributed by atoms with Gasteiger partial charge in [0.1, 0.15) is 0 Å². The molecule has 0 spiro atoms. The molecule has 0 aromatic carbocycles. The van der Waals surface area contributed by atoms with Crippen molar-refractivity contribution in [3.05, 3.63) is 0 Å². The van der Waals surface area contributed by atoms with E-state index in [1.54, 1.807) is 0 Å². The van der Waals surface area contributed by atoms with Crippen molar-refractivity contribution in [2.45, 2.75) is 63.2 Å². The zero-order chi connectivity index (χ0) is 13.0. The number of nitrogens with zero attached hydrogens (tertiary/aromatic N) is 1. The summed E-state index contributed by atoms with van der Waals surface area (Å²) < 4.78 is 0. The lowest BCUT2D eigenvalue weighted by Crippen LogP contribution is -2.57. The fourth-order valence-electron chi connectivity index (χ4n) is 3.61. The molecule has 18 heavy (non-hydrogen) atoms. The first-order chi connectivity index (χ1) is 8.70. The van der Waals surface area contributed by atoms with Gasteiger partial charge in [0, 0.05) is 36.2 Å². The average molecular weight is 270 g/mol. The summed E-state index contributed by atoms with van der Waals surface area (Å²) in [5.74, 6) is 2.20. The molecule has 0 amide bonds. The van der Waals surface area contributed by atoms with E-state index in [1.165, 1.54) is 57.4 Å². The summed E-state index contributed by atoms with van der Waals surface area (Å²) in [5, 5.41) is 0.836. The molecule has 0 aromatic rings. The molecule has 1 saturated carbocycles. The van der Waals surface area contributed by atoms with Gasteiger partial charge in [0.15, 0.2) is 0 Å². The minimum atomic E-state index is 0.332. The Balaban J connectivity index is 2.05. The predicted octanol–water partition coefficient (Wildman–Crippen LogP) is 3.11. The lowest BCUT2D eigenvalue weighted by atomic mass is 9.87. The van der Waals surface area contributed by atoms with Crippen LogP contribution in [0.25, 0.3) is 0 Å². The van der Waals surface area contributed by atoms with Gasteiger partial charge in [0.05, 0.1) is 0 Å². The van der Waals surface area contributed by atoms with Crippen LogP contribution in [-0.2, 0) is 0 Å². The third-order valence-electron chi connectivity index (χ3n) is 5.09. The van der Waals surface area contributed by atoms with E-state index in [9.17, 15) is 0 Å². The highest BCUT2D eigenvalue weighted by molar-refractivity contribution is 8.00. The van der Waals surface area contributed by atoms with Crippen molar-refractivity contribution in [1.29, 1.82) is 0 Å². The Morgan fingerprint density at radius 1 is 1.33 bits per heavy atom. The van der Waals surface area contributed by atoms with E-state index in [0.717, 1.165) is 17.7 Å². The van der Waals surface area contributed by atoms with Gasteiger partial charge in [-0.25, -0.2) is 0 Å². The smallest absolute Gasteiger partial charge is 0.0332 e. The zero-order valence-electron chi connectivity index (χ0n) is 12.2. The molecule has 0 bridgehead atoms. The number of rotatable bonds is 3. The number of thioether (sulfide) groups is 1. The van der Waals surface area contributed by atoms with E-state index >= 15 is 0 Å². The van der Waals surface area contributed by atoms with Gasteiger partial charge in [-0.15, -0.1) is 0 Å². The maximum absolute atomic E-state index is 6.22. The Bertz CT molecular complexity index is 259. The SMILES string of the molecule is CCC1CN(C2(CN)CCCC(C)CC2)CCS1. The van der Waals surface area contributed by atoms with Crippen LogP contribution in [0.3, 0.4) is 0 Å². The molecule has 106 valence electrons. The van der Waals surface area contributed by atoms with Crippen LogP contribution in [0.5, 0.6) is 0 Å². The van der Waals surface area contributed by atoms with Crippen molar-refractivity contribution in [1.82, 2.24) is 4.90 Å². The Morgan fingerprint density at radius 2 is 2.17 bits per heavy atom. The van der Waals surface area contributed by atoms with Crippen LogP contribution in [0.15, 0.2) is 0 Å². The van der Waals surface area contributed by atoms with Crippen LogP contribution in [0.1, 0.15) is 52.4 Å². The third-order valence-corrected chi connectivity index (χ3v) is 6.46. The largest absolute Gasteiger partial charge is 0.329 e. The molecule has 0 radical (unpaired) electrons. The average Bonchev–Trinajstić information content (AvgIpc) is 2.61. The fraction of sp³-hybridized carbons (Fsp3) is 1.00. The quantitative estimate of drug-likeness (QED) is 0.799. The Hall–Kier alpha value is 0.270. The molecule has 2 nitrogen and oxygen atoms in total. The summed E-state index contributed by atoms with van der Waals surface area (Å²) in [6, 6.07) is 0. The molecule has 3 unspecified atom stereocenters. The molecule has 0 aromatic heterocycles. The van der Waals surface area contributed by atoms with Crippen molar-refractivity contribution in [3.8, 4) is 0 Å². The minimum Gasteiger partial charge on any atom is -0.329 e. The predicted molar refractivity (Wildman–Crippen MR) is 82.1 cm³/mol. The molecule has 1 aliphatic heterocycles. The molecule has 1 saturated heterocycles.